The Morgan fingerprint density at radius 2 is 2.15 bits per heavy atom. The van der Waals surface area contributed by atoms with E-state index in [1.165, 1.54) is 11.5 Å². The second kappa shape index (κ2) is 3.46. The molecule has 0 fully saturated rings. The SMILES string of the molecule is Cc1cc(NC(=O)C(C)(C)C)sn1. The average Bonchev–Trinajstić information content (AvgIpc) is 2.33. The van der Waals surface area contributed by atoms with Gasteiger partial charge in [-0.2, -0.15) is 4.37 Å². The van der Waals surface area contributed by atoms with Crippen LogP contribution in [0.3, 0.4) is 0 Å². The maximum Gasteiger partial charge on any atom is 0.230 e. The summed E-state index contributed by atoms with van der Waals surface area (Å²) in [5.74, 6) is 0.0242. The van der Waals surface area contributed by atoms with Crippen LogP contribution in [0.2, 0.25) is 0 Å². The number of amides is 1. The zero-order valence-corrected chi connectivity index (χ0v) is 9.16. The molecule has 0 unspecified atom stereocenters. The van der Waals surface area contributed by atoms with Crippen LogP contribution in [0, 0.1) is 12.3 Å². The number of anilines is 1. The van der Waals surface area contributed by atoms with Crippen LogP contribution >= 0.6 is 11.5 Å². The lowest BCUT2D eigenvalue weighted by Gasteiger charge is -2.16. The van der Waals surface area contributed by atoms with E-state index in [0.717, 1.165) is 10.7 Å². The fourth-order valence-corrected chi connectivity index (χ4v) is 1.38. The fourth-order valence-electron chi connectivity index (χ4n) is 0.722. The highest BCUT2D eigenvalue weighted by Crippen LogP contribution is 2.20. The Bertz CT molecular complexity index is 312. The minimum atomic E-state index is -0.349. The van der Waals surface area contributed by atoms with E-state index in [-0.39, 0.29) is 11.3 Å². The van der Waals surface area contributed by atoms with Gasteiger partial charge in [0, 0.05) is 5.41 Å². The lowest BCUT2D eigenvalue weighted by atomic mass is 9.96. The topological polar surface area (TPSA) is 42.0 Å². The van der Waals surface area contributed by atoms with E-state index >= 15 is 0 Å². The lowest BCUT2D eigenvalue weighted by Crippen LogP contribution is -2.27. The van der Waals surface area contributed by atoms with Gasteiger partial charge in [0.15, 0.2) is 0 Å². The van der Waals surface area contributed by atoms with E-state index in [9.17, 15) is 4.79 Å². The summed E-state index contributed by atoms with van der Waals surface area (Å²) in [6, 6.07) is 1.87. The Kier molecular flexibility index (Phi) is 2.71. The number of aryl methyl sites for hydroxylation is 1. The van der Waals surface area contributed by atoms with Gasteiger partial charge in [0.05, 0.1) is 5.69 Å². The van der Waals surface area contributed by atoms with Crippen molar-refractivity contribution in [2.75, 3.05) is 5.32 Å². The predicted molar refractivity (Wildman–Crippen MR) is 54.9 cm³/mol. The minimum Gasteiger partial charge on any atom is -0.316 e. The van der Waals surface area contributed by atoms with E-state index in [0.29, 0.717) is 0 Å². The number of rotatable bonds is 1. The molecule has 0 spiro atoms. The molecule has 1 N–H and O–H groups in total. The van der Waals surface area contributed by atoms with Gasteiger partial charge in [-0.15, -0.1) is 0 Å². The molecule has 0 radical (unpaired) electrons. The molecule has 1 amide bonds. The molecule has 1 aromatic rings. The van der Waals surface area contributed by atoms with Gasteiger partial charge in [0.1, 0.15) is 5.00 Å². The average molecular weight is 198 g/mol. The molecule has 4 heteroatoms. The highest BCUT2D eigenvalue weighted by Gasteiger charge is 2.21. The molecule has 0 aliphatic heterocycles. The van der Waals surface area contributed by atoms with Gasteiger partial charge in [0.25, 0.3) is 0 Å². The van der Waals surface area contributed by atoms with Crippen LogP contribution in [-0.2, 0) is 4.79 Å². The summed E-state index contributed by atoms with van der Waals surface area (Å²) in [5.41, 5.74) is 0.590. The fraction of sp³-hybridized carbons (Fsp3) is 0.556. The number of aromatic nitrogens is 1. The summed E-state index contributed by atoms with van der Waals surface area (Å²) in [4.78, 5) is 11.5. The van der Waals surface area contributed by atoms with Crippen LogP contribution in [0.25, 0.3) is 0 Å². The maximum atomic E-state index is 11.5. The summed E-state index contributed by atoms with van der Waals surface area (Å²) in [5, 5.41) is 3.64. The summed E-state index contributed by atoms with van der Waals surface area (Å²) >= 11 is 1.31. The van der Waals surface area contributed by atoms with Gasteiger partial charge in [-0.3, -0.25) is 4.79 Å². The van der Waals surface area contributed by atoms with Crippen molar-refractivity contribution in [2.24, 2.45) is 5.41 Å². The number of carbonyl (C=O) groups is 1. The molecule has 0 saturated carbocycles. The lowest BCUT2D eigenvalue weighted by molar-refractivity contribution is -0.123. The highest BCUT2D eigenvalue weighted by molar-refractivity contribution is 7.10. The zero-order valence-electron chi connectivity index (χ0n) is 8.34. The Hall–Kier alpha value is -0.900. The van der Waals surface area contributed by atoms with Crippen LogP contribution < -0.4 is 5.32 Å². The van der Waals surface area contributed by atoms with Crippen molar-refractivity contribution in [1.82, 2.24) is 4.37 Å². The van der Waals surface area contributed by atoms with Gasteiger partial charge in [-0.05, 0) is 24.5 Å². The monoisotopic (exact) mass is 198 g/mol. The Labute approximate surface area is 82.3 Å². The van der Waals surface area contributed by atoms with E-state index in [4.69, 9.17) is 0 Å². The first-order chi connectivity index (χ1) is 5.89. The second-order valence-electron chi connectivity index (χ2n) is 4.04. The standard InChI is InChI=1S/C9H14N2OS/c1-6-5-7(13-11-6)10-8(12)9(2,3)4/h5H,1-4H3,(H,10,12). The van der Waals surface area contributed by atoms with Crippen LogP contribution in [-0.4, -0.2) is 10.3 Å². The molecule has 1 heterocycles. The normalized spacial score (nSPS) is 11.4. The van der Waals surface area contributed by atoms with Crippen LogP contribution in [0.1, 0.15) is 26.5 Å². The van der Waals surface area contributed by atoms with Gasteiger partial charge >= 0.3 is 0 Å². The van der Waals surface area contributed by atoms with Crippen molar-refractivity contribution in [1.29, 1.82) is 0 Å². The third kappa shape index (κ3) is 2.81. The van der Waals surface area contributed by atoms with Crippen LogP contribution in [0.15, 0.2) is 6.07 Å². The molecule has 0 atom stereocenters. The predicted octanol–water partition coefficient (Wildman–Crippen LogP) is 2.44. The third-order valence-corrected chi connectivity index (χ3v) is 2.34. The third-order valence-electron chi connectivity index (χ3n) is 1.55. The van der Waals surface area contributed by atoms with Crippen molar-refractivity contribution < 1.29 is 4.79 Å². The first-order valence-electron chi connectivity index (χ1n) is 4.14. The quantitative estimate of drug-likeness (QED) is 0.753. The largest absolute Gasteiger partial charge is 0.316 e. The van der Waals surface area contributed by atoms with E-state index in [1.807, 2.05) is 33.8 Å². The van der Waals surface area contributed by atoms with Crippen molar-refractivity contribution in [3.63, 3.8) is 0 Å². The Morgan fingerprint density at radius 1 is 1.54 bits per heavy atom. The number of hydrogen-bond acceptors (Lipinski definition) is 3. The zero-order chi connectivity index (χ0) is 10.1. The molecular formula is C9H14N2OS. The molecular weight excluding hydrogens is 184 g/mol. The molecule has 72 valence electrons. The number of hydrogen-bond donors (Lipinski definition) is 1. The number of nitrogens with zero attached hydrogens (tertiary/aromatic N) is 1. The molecule has 1 aromatic heterocycles. The first kappa shape index (κ1) is 10.2. The highest BCUT2D eigenvalue weighted by atomic mass is 32.1. The summed E-state index contributed by atoms with van der Waals surface area (Å²) in [7, 11) is 0. The first-order valence-corrected chi connectivity index (χ1v) is 4.92. The summed E-state index contributed by atoms with van der Waals surface area (Å²) in [6.45, 7) is 7.56. The van der Waals surface area contributed by atoms with Crippen LogP contribution in [0.4, 0.5) is 5.00 Å². The van der Waals surface area contributed by atoms with Crippen LogP contribution in [0.5, 0.6) is 0 Å². The molecule has 0 saturated heterocycles. The molecule has 1 rings (SSSR count). The maximum absolute atomic E-state index is 11.5. The smallest absolute Gasteiger partial charge is 0.230 e. The van der Waals surface area contributed by atoms with Gasteiger partial charge < -0.3 is 5.32 Å². The molecule has 0 aliphatic carbocycles. The number of nitrogens with one attached hydrogen (secondary N) is 1. The van der Waals surface area contributed by atoms with Gasteiger partial charge in [-0.1, -0.05) is 20.8 Å². The van der Waals surface area contributed by atoms with Crippen molar-refractivity contribution in [3.05, 3.63) is 11.8 Å². The Balaban J connectivity index is 2.65. The van der Waals surface area contributed by atoms with Gasteiger partial charge in [-0.25, -0.2) is 0 Å². The van der Waals surface area contributed by atoms with Crippen molar-refractivity contribution in [3.8, 4) is 0 Å². The van der Waals surface area contributed by atoms with Gasteiger partial charge in [0.2, 0.25) is 5.91 Å². The van der Waals surface area contributed by atoms with E-state index < -0.39 is 0 Å². The molecule has 0 aliphatic rings. The second-order valence-corrected chi connectivity index (χ2v) is 4.84. The van der Waals surface area contributed by atoms with Crippen molar-refractivity contribution in [2.45, 2.75) is 27.7 Å². The summed E-state index contributed by atoms with van der Waals surface area (Å²) in [6.07, 6.45) is 0. The van der Waals surface area contributed by atoms with E-state index in [1.54, 1.807) is 0 Å². The van der Waals surface area contributed by atoms with E-state index in [2.05, 4.69) is 9.69 Å². The molecule has 3 nitrogen and oxygen atoms in total. The summed E-state index contributed by atoms with van der Waals surface area (Å²) < 4.78 is 4.08. The molecule has 0 aromatic carbocycles. The molecule has 13 heavy (non-hydrogen) atoms. The van der Waals surface area contributed by atoms with Crippen molar-refractivity contribution >= 4 is 22.4 Å². The molecule has 0 bridgehead atoms. The Morgan fingerprint density at radius 3 is 2.54 bits per heavy atom. The number of carbonyl (C=O) groups excluding carboxylic acids is 1. The minimum absolute atomic E-state index is 0.0242.